The Labute approximate surface area is 107 Å². The van der Waals surface area contributed by atoms with Gasteiger partial charge in [0, 0.05) is 19.8 Å². The zero-order valence-electron chi connectivity index (χ0n) is 9.43. The molecule has 0 spiro atoms. The zero-order valence-corrected chi connectivity index (χ0v) is 11.1. The van der Waals surface area contributed by atoms with Gasteiger partial charge in [-0.15, -0.1) is 11.3 Å². The van der Waals surface area contributed by atoms with E-state index < -0.39 is 0 Å². The van der Waals surface area contributed by atoms with Crippen LogP contribution in [0.2, 0.25) is 0 Å². The maximum Gasteiger partial charge on any atom is 0.175 e. The van der Waals surface area contributed by atoms with Gasteiger partial charge in [0.1, 0.15) is 10.5 Å². The van der Waals surface area contributed by atoms with Crippen LogP contribution >= 0.6 is 24.0 Å². The van der Waals surface area contributed by atoms with Gasteiger partial charge in [-0.1, -0.05) is 0 Å². The molecule has 3 aromatic rings. The maximum atomic E-state index is 4.48. The molecular weight excluding hydrogens is 254 g/mol. The van der Waals surface area contributed by atoms with Crippen molar-refractivity contribution in [2.45, 2.75) is 5.75 Å². The number of pyridine rings is 1. The van der Waals surface area contributed by atoms with Crippen molar-refractivity contribution in [3.63, 3.8) is 0 Å². The van der Waals surface area contributed by atoms with Crippen LogP contribution in [0.15, 0.2) is 6.33 Å². The molecule has 17 heavy (non-hydrogen) atoms. The standard InChI is InChI=1S/C10H11N5S2/c1-11-9-6-7(15(2)4-12-6)8-10(14-9)13-5(3-16)17-8/h4,16H,3H2,1-2H3,(H,11,14). The predicted molar refractivity (Wildman–Crippen MR) is 73.9 cm³/mol. The minimum Gasteiger partial charge on any atom is -0.371 e. The average molecular weight is 265 g/mol. The van der Waals surface area contributed by atoms with E-state index in [1.165, 1.54) is 0 Å². The molecule has 0 aliphatic rings. The van der Waals surface area contributed by atoms with Crippen molar-refractivity contribution in [3.8, 4) is 0 Å². The van der Waals surface area contributed by atoms with Gasteiger partial charge in [-0.25, -0.2) is 15.0 Å². The first-order valence-corrected chi connectivity index (χ1v) is 6.58. The number of aromatic nitrogens is 4. The van der Waals surface area contributed by atoms with Crippen LogP contribution < -0.4 is 5.32 Å². The summed E-state index contributed by atoms with van der Waals surface area (Å²) in [5.41, 5.74) is 2.72. The van der Waals surface area contributed by atoms with Crippen LogP contribution in [0.4, 0.5) is 5.82 Å². The lowest BCUT2D eigenvalue weighted by atomic mass is 10.3. The van der Waals surface area contributed by atoms with Gasteiger partial charge in [0.05, 0.1) is 16.5 Å². The van der Waals surface area contributed by atoms with E-state index in [0.29, 0.717) is 5.75 Å². The second-order valence-corrected chi connectivity index (χ2v) is 5.08. The first-order valence-electron chi connectivity index (χ1n) is 5.13. The van der Waals surface area contributed by atoms with E-state index in [-0.39, 0.29) is 0 Å². The van der Waals surface area contributed by atoms with Crippen molar-refractivity contribution in [2.75, 3.05) is 12.4 Å². The Morgan fingerprint density at radius 3 is 3.00 bits per heavy atom. The van der Waals surface area contributed by atoms with Gasteiger partial charge in [-0.05, 0) is 0 Å². The fourth-order valence-corrected chi connectivity index (χ4v) is 3.07. The maximum absolute atomic E-state index is 4.48. The molecular formula is C10H11N5S2. The second kappa shape index (κ2) is 3.85. The quantitative estimate of drug-likeness (QED) is 0.696. The summed E-state index contributed by atoms with van der Waals surface area (Å²) in [5, 5.41) is 4.04. The number of fused-ring (bicyclic) bond motifs is 3. The SMILES string of the molecule is CNc1nc2nc(CS)sc2c2c1ncn2C. The van der Waals surface area contributed by atoms with Gasteiger partial charge in [0.25, 0.3) is 0 Å². The fourth-order valence-electron chi connectivity index (χ4n) is 1.86. The lowest BCUT2D eigenvalue weighted by molar-refractivity contribution is 0.951. The Morgan fingerprint density at radius 1 is 1.47 bits per heavy atom. The molecule has 0 aromatic carbocycles. The van der Waals surface area contributed by atoms with Crippen molar-refractivity contribution in [1.82, 2.24) is 19.5 Å². The number of hydrogen-bond acceptors (Lipinski definition) is 6. The monoisotopic (exact) mass is 265 g/mol. The molecule has 88 valence electrons. The summed E-state index contributed by atoms with van der Waals surface area (Å²) in [4.78, 5) is 13.3. The molecule has 0 unspecified atom stereocenters. The summed E-state index contributed by atoms with van der Waals surface area (Å²) in [6.07, 6.45) is 1.80. The largest absolute Gasteiger partial charge is 0.371 e. The minimum atomic E-state index is 0.634. The van der Waals surface area contributed by atoms with Crippen LogP contribution in [0, 0.1) is 0 Å². The number of rotatable bonds is 2. The Morgan fingerprint density at radius 2 is 2.29 bits per heavy atom. The average Bonchev–Trinajstić information content (AvgIpc) is 2.91. The van der Waals surface area contributed by atoms with E-state index in [9.17, 15) is 0 Å². The summed E-state index contributed by atoms with van der Waals surface area (Å²) < 4.78 is 3.07. The van der Waals surface area contributed by atoms with E-state index in [1.807, 2.05) is 18.7 Å². The van der Waals surface area contributed by atoms with Gasteiger partial charge < -0.3 is 9.88 Å². The molecule has 0 saturated carbocycles. The topological polar surface area (TPSA) is 55.6 Å². The normalized spacial score (nSPS) is 11.5. The molecule has 1 N–H and O–H groups in total. The van der Waals surface area contributed by atoms with Crippen molar-refractivity contribution in [2.24, 2.45) is 7.05 Å². The number of hydrogen-bond donors (Lipinski definition) is 2. The molecule has 0 aliphatic heterocycles. The van der Waals surface area contributed by atoms with Gasteiger partial charge >= 0.3 is 0 Å². The second-order valence-electron chi connectivity index (χ2n) is 3.68. The molecule has 0 aliphatic carbocycles. The highest BCUT2D eigenvalue weighted by atomic mass is 32.1. The summed E-state index contributed by atoms with van der Waals surface area (Å²) >= 11 is 5.88. The molecule has 7 heteroatoms. The first kappa shape index (κ1) is 10.8. The number of nitrogens with zero attached hydrogens (tertiary/aromatic N) is 4. The lowest BCUT2D eigenvalue weighted by Crippen LogP contribution is -1.95. The van der Waals surface area contributed by atoms with Crippen molar-refractivity contribution >= 4 is 51.2 Å². The molecule has 0 atom stereocenters. The van der Waals surface area contributed by atoms with E-state index in [4.69, 9.17) is 0 Å². The summed E-state index contributed by atoms with van der Waals surface area (Å²) in [6, 6.07) is 0. The molecule has 0 saturated heterocycles. The Hall–Kier alpha value is -1.34. The summed E-state index contributed by atoms with van der Waals surface area (Å²) in [7, 11) is 3.82. The highest BCUT2D eigenvalue weighted by Crippen LogP contribution is 2.32. The molecule has 3 aromatic heterocycles. The third kappa shape index (κ3) is 1.49. The van der Waals surface area contributed by atoms with Crippen LogP contribution in [0.3, 0.4) is 0 Å². The highest BCUT2D eigenvalue weighted by molar-refractivity contribution is 7.79. The van der Waals surface area contributed by atoms with Gasteiger partial charge in [-0.3, -0.25) is 0 Å². The first-order chi connectivity index (χ1) is 8.24. The Balaban J connectivity index is 2.50. The number of thiol groups is 1. The molecule has 0 amide bonds. The van der Waals surface area contributed by atoms with Crippen molar-refractivity contribution < 1.29 is 0 Å². The Kier molecular flexibility index (Phi) is 2.44. The lowest BCUT2D eigenvalue weighted by Gasteiger charge is -2.01. The van der Waals surface area contributed by atoms with Crippen LogP contribution in [-0.4, -0.2) is 26.6 Å². The molecule has 0 bridgehead atoms. The van der Waals surface area contributed by atoms with Crippen LogP contribution in [-0.2, 0) is 12.8 Å². The molecule has 3 heterocycles. The molecule has 0 radical (unpaired) electrons. The van der Waals surface area contributed by atoms with Crippen molar-refractivity contribution in [3.05, 3.63) is 11.3 Å². The number of anilines is 1. The van der Waals surface area contributed by atoms with Gasteiger partial charge in [0.15, 0.2) is 11.5 Å². The number of aryl methyl sites for hydroxylation is 1. The minimum absolute atomic E-state index is 0.634. The summed E-state index contributed by atoms with van der Waals surface area (Å²) in [5.74, 6) is 1.40. The third-order valence-electron chi connectivity index (χ3n) is 2.62. The van der Waals surface area contributed by atoms with E-state index in [2.05, 4.69) is 32.9 Å². The molecule has 3 rings (SSSR count). The third-order valence-corrected chi connectivity index (χ3v) is 4.18. The van der Waals surface area contributed by atoms with Crippen LogP contribution in [0.1, 0.15) is 5.01 Å². The fraction of sp³-hybridized carbons (Fsp3) is 0.300. The highest BCUT2D eigenvalue weighted by Gasteiger charge is 2.15. The predicted octanol–water partition coefficient (Wildman–Crippen LogP) is 2.05. The molecule has 5 nitrogen and oxygen atoms in total. The Bertz CT molecular complexity index is 699. The van der Waals surface area contributed by atoms with Crippen molar-refractivity contribution in [1.29, 1.82) is 0 Å². The summed E-state index contributed by atoms with van der Waals surface area (Å²) in [6.45, 7) is 0. The van der Waals surface area contributed by atoms with Crippen LogP contribution in [0.5, 0.6) is 0 Å². The zero-order chi connectivity index (χ0) is 12.0. The van der Waals surface area contributed by atoms with E-state index in [0.717, 1.165) is 32.2 Å². The number of imidazole rings is 1. The van der Waals surface area contributed by atoms with Crippen LogP contribution in [0.25, 0.3) is 21.4 Å². The van der Waals surface area contributed by atoms with E-state index in [1.54, 1.807) is 17.7 Å². The van der Waals surface area contributed by atoms with Gasteiger partial charge in [-0.2, -0.15) is 12.6 Å². The number of thiazole rings is 1. The molecule has 0 fully saturated rings. The smallest absolute Gasteiger partial charge is 0.175 e. The van der Waals surface area contributed by atoms with E-state index >= 15 is 0 Å². The van der Waals surface area contributed by atoms with Gasteiger partial charge in [0.2, 0.25) is 0 Å². The number of nitrogens with one attached hydrogen (secondary N) is 1.